The number of nitrogens with one attached hydrogen (secondary N) is 2. The van der Waals surface area contributed by atoms with Gasteiger partial charge in [0.2, 0.25) is 5.91 Å². The average molecular weight is 330 g/mol. The van der Waals surface area contributed by atoms with Crippen LogP contribution in [0.15, 0.2) is 24.3 Å². The first kappa shape index (κ1) is 16.8. The van der Waals surface area contributed by atoms with Crippen LogP contribution in [0.25, 0.3) is 0 Å². The van der Waals surface area contributed by atoms with Gasteiger partial charge >= 0.3 is 0 Å². The summed E-state index contributed by atoms with van der Waals surface area (Å²) < 4.78 is 5.41. The Morgan fingerprint density at radius 3 is 2.46 bits per heavy atom. The molecule has 0 heterocycles. The standard InChI is InChI=1S/C19H26N2O3/c1-2-13-4-7-17(8-5-13)24-12-19(23)21-20-18(22)11-16-10-14-3-6-15(16)9-14/h4-5,7-8,14-16H,2-3,6,9-12H2,1H3,(H,20,22)(H,21,23)/t14-,15-,16-/m1/s1. The molecule has 2 fully saturated rings. The molecule has 2 aliphatic rings. The molecule has 0 spiro atoms. The molecule has 3 rings (SSSR count). The maximum atomic E-state index is 12.0. The van der Waals surface area contributed by atoms with E-state index in [1.54, 1.807) is 0 Å². The fourth-order valence-corrected chi connectivity index (χ4v) is 4.06. The van der Waals surface area contributed by atoms with Gasteiger partial charge < -0.3 is 4.74 Å². The van der Waals surface area contributed by atoms with Gasteiger partial charge in [-0.1, -0.05) is 25.5 Å². The normalized spacial score (nSPS) is 24.6. The summed E-state index contributed by atoms with van der Waals surface area (Å²) in [6.07, 6.45) is 6.53. The van der Waals surface area contributed by atoms with E-state index in [1.807, 2.05) is 24.3 Å². The predicted molar refractivity (Wildman–Crippen MR) is 91.2 cm³/mol. The molecule has 2 aliphatic carbocycles. The second-order valence-corrected chi connectivity index (χ2v) is 7.02. The Hall–Kier alpha value is -2.04. The monoisotopic (exact) mass is 330 g/mol. The van der Waals surface area contributed by atoms with E-state index in [0.29, 0.717) is 24.0 Å². The van der Waals surface area contributed by atoms with E-state index in [-0.39, 0.29) is 18.4 Å². The molecule has 1 aromatic rings. The van der Waals surface area contributed by atoms with Gasteiger partial charge in [-0.2, -0.15) is 0 Å². The van der Waals surface area contributed by atoms with Crippen molar-refractivity contribution in [1.29, 1.82) is 0 Å². The van der Waals surface area contributed by atoms with E-state index in [2.05, 4.69) is 17.8 Å². The molecule has 2 bridgehead atoms. The number of hydrogen-bond acceptors (Lipinski definition) is 3. The van der Waals surface area contributed by atoms with Crippen LogP contribution in [0.5, 0.6) is 5.75 Å². The maximum Gasteiger partial charge on any atom is 0.276 e. The average Bonchev–Trinajstić information content (AvgIpc) is 3.21. The first-order valence-corrected chi connectivity index (χ1v) is 8.93. The number of hydrazine groups is 1. The molecule has 2 amide bonds. The minimum atomic E-state index is -0.351. The fraction of sp³-hybridized carbons (Fsp3) is 0.579. The smallest absolute Gasteiger partial charge is 0.276 e. The summed E-state index contributed by atoms with van der Waals surface area (Å²) in [5.74, 6) is 2.23. The summed E-state index contributed by atoms with van der Waals surface area (Å²) in [6.45, 7) is 1.97. The SMILES string of the molecule is CCc1ccc(OCC(=O)NNC(=O)C[C@H]2C[C@@H]3CC[C@@H]2C3)cc1. The number of aryl methyl sites for hydroxylation is 1. The maximum absolute atomic E-state index is 12.0. The molecule has 0 aromatic heterocycles. The van der Waals surface area contributed by atoms with Crippen molar-refractivity contribution < 1.29 is 14.3 Å². The van der Waals surface area contributed by atoms with Gasteiger partial charge in [0.25, 0.3) is 5.91 Å². The van der Waals surface area contributed by atoms with E-state index in [0.717, 1.165) is 12.3 Å². The van der Waals surface area contributed by atoms with Gasteiger partial charge in [-0.3, -0.25) is 20.4 Å². The van der Waals surface area contributed by atoms with Crippen LogP contribution < -0.4 is 15.6 Å². The van der Waals surface area contributed by atoms with Crippen LogP contribution in [-0.4, -0.2) is 18.4 Å². The van der Waals surface area contributed by atoms with Crippen molar-refractivity contribution in [3.63, 3.8) is 0 Å². The summed E-state index contributed by atoms with van der Waals surface area (Å²) in [5.41, 5.74) is 6.16. The molecule has 130 valence electrons. The van der Waals surface area contributed by atoms with E-state index in [1.165, 1.54) is 31.2 Å². The number of amides is 2. The van der Waals surface area contributed by atoms with E-state index >= 15 is 0 Å². The highest BCUT2D eigenvalue weighted by molar-refractivity contribution is 5.82. The first-order chi connectivity index (χ1) is 11.6. The molecular formula is C19H26N2O3. The second kappa shape index (κ2) is 7.69. The molecule has 0 unspecified atom stereocenters. The molecule has 0 aliphatic heterocycles. The number of ether oxygens (including phenoxy) is 1. The zero-order valence-corrected chi connectivity index (χ0v) is 14.2. The van der Waals surface area contributed by atoms with Crippen molar-refractivity contribution in [1.82, 2.24) is 10.9 Å². The van der Waals surface area contributed by atoms with Crippen molar-refractivity contribution in [2.45, 2.75) is 45.4 Å². The molecule has 0 radical (unpaired) electrons. The third kappa shape index (κ3) is 4.28. The number of carbonyl (C=O) groups is 2. The van der Waals surface area contributed by atoms with Crippen LogP contribution in [0, 0.1) is 17.8 Å². The number of benzene rings is 1. The highest BCUT2D eigenvalue weighted by Crippen LogP contribution is 2.49. The van der Waals surface area contributed by atoms with Crippen molar-refractivity contribution in [3.05, 3.63) is 29.8 Å². The highest BCUT2D eigenvalue weighted by Gasteiger charge is 2.40. The summed E-state index contributed by atoms with van der Waals surface area (Å²) in [7, 11) is 0. The van der Waals surface area contributed by atoms with Crippen LogP contribution >= 0.6 is 0 Å². The fourth-order valence-electron chi connectivity index (χ4n) is 4.06. The van der Waals surface area contributed by atoms with Crippen molar-refractivity contribution in [2.75, 3.05) is 6.61 Å². The quantitative estimate of drug-likeness (QED) is 0.788. The summed E-state index contributed by atoms with van der Waals surface area (Å²) in [4.78, 5) is 23.7. The minimum Gasteiger partial charge on any atom is -0.484 e. The number of carbonyl (C=O) groups excluding carboxylic acids is 2. The largest absolute Gasteiger partial charge is 0.484 e. The van der Waals surface area contributed by atoms with E-state index in [9.17, 15) is 9.59 Å². The predicted octanol–water partition coefficient (Wildman–Crippen LogP) is 2.60. The lowest BCUT2D eigenvalue weighted by molar-refractivity contribution is -0.130. The van der Waals surface area contributed by atoms with Gasteiger partial charge in [0.15, 0.2) is 6.61 Å². The Labute approximate surface area is 143 Å². The highest BCUT2D eigenvalue weighted by atomic mass is 16.5. The molecule has 3 atom stereocenters. The summed E-state index contributed by atoms with van der Waals surface area (Å²) in [5, 5.41) is 0. The second-order valence-electron chi connectivity index (χ2n) is 7.02. The Bertz CT molecular complexity index is 585. The van der Waals surface area contributed by atoms with Crippen LogP contribution in [0.1, 0.15) is 44.6 Å². The van der Waals surface area contributed by atoms with Gasteiger partial charge in [-0.15, -0.1) is 0 Å². The molecule has 1 aromatic carbocycles. The van der Waals surface area contributed by atoms with E-state index < -0.39 is 0 Å². The lowest BCUT2D eigenvalue weighted by Crippen LogP contribution is -2.44. The Morgan fingerprint density at radius 2 is 1.83 bits per heavy atom. The lowest BCUT2D eigenvalue weighted by Gasteiger charge is -2.20. The van der Waals surface area contributed by atoms with Gasteiger partial charge in [0.05, 0.1) is 0 Å². The van der Waals surface area contributed by atoms with E-state index in [4.69, 9.17) is 4.74 Å². The summed E-state index contributed by atoms with van der Waals surface area (Å²) in [6, 6.07) is 7.65. The van der Waals surface area contributed by atoms with Gasteiger partial charge in [0, 0.05) is 6.42 Å². The van der Waals surface area contributed by atoms with Gasteiger partial charge in [0.1, 0.15) is 5.75 Å². The molecule has 5 nitrogen and oxygen atoms in total. The third-order valence-corrected chi connectivity index (χ3v) is 5.37. The number of fused-ring (bicyclic) bond motifs is 2. The third-order valence-electron chi connectivity index (χ3n) is 5.37. The van der Waals surface area contributed by atoms with Crippen LogP contribution in [0.3, 0.4) is 0 Å². The zero-order valence-electron chi connectivity index (χ0n) is 14.2. The first-order valence-electron chi connectivity index (χ1n) is 8.93. The molecular weight excluding hydrogens is 304 g/mol. The number of rotatable bonds is 6. The molecule has 0 saturated heterocycles. The molecule has 24 heavy (non-hydrogen) atoms. The Balaban J connectivity index is 1.33. The zero-order chi connectivity index (χ0) is 16.9. The summed E-state index contributed by atoms with van der Waals surface area (Å²) >= 11 is 0. The molecule has 2 N–H and O–H groups in total. The lowest BCUT2D eigenvalue weighted by atomic mass is 9.86. The topological polar surface area (TPSA) is 67.4 Å². The van der Waals surface area contributed by atoms with Crippen molar-refractivity contribution >= 4 is 11.8 Å². The van der Waals surface area contributed by atoms with Crippen molar-refractivity contribution in [2.24, 2.45) is 17.8 Å². The van der Waals surface area contributed by atoms with Crippen LogP contribution in [0.2, 0.25) is 0 Å². The Morgan fingerprint density at radius 1 is 1.08 bits per heavy atom. The molecule has 2 saturated carbocycles. The molecule has 5 heteroatoms. The Kier molecular flexibility index (Phi) is 5.38. The van der Waals surface area contributed by atoms with Gasteiger partial charge in [-0.05, 0) is 61.1 Å². The van der Waals surface area contributed by atoms with Crippen LogP contribution in [-0.2, 0) is 16.0 Å². The van der Waals surface area contributed by atoms with Crippen LogP contribution in [0.4, 0.5) is 0 Å². The minimum absolute atomic E-state index is 0.104. The van der Waals surface area contributed by atoms with Gasteiger partial charge in [-0.25, -0.2) is 0 Å². The van der Waals surface area contributed by atoms with Crippen molar-refractivity contribution in [3.8, 4) is 5.75 Å². The number of hydrogen-bond donors (Lipinski definition) is 2.